The number of rotatable bonds is 4. The van der Waals surface area contributed by atoms with Gasteiger partial charge in [-0.1, -0.05) is 18.2 Å². The van der Waals surface area contributed by atoms with E-state index in [-0.39, 0.29) is 5.82 Å². The molecule has 76 valence electrons. The lowest BCUT2D eigenvalue weighted by molar-refractivity contribution is 0.485. The smallest absolute Gasteiger partial charge is 0.127 e. The number of nitrogens with one attached hydrogen (secondary N) is 1. The molecule has 1 saturated carbocycles. The first-order valence-corrected chi connectivity index (χ1v) is 5.24. The topological polar surface area (TPSA) is 12.0 Å². The molecule has 2 heteroatoms. The summed E-state index contributed by atoms with van der Waals surface area (Å²) in [6.07, 6.45) is 2.65. The number of halogens is 1. The van der Waals surface area contributed by atoms with Crippen LogP contribution >= 0.6 is 0 Å². The molecule has 0 radical (unpaired) electrons. The summed E-state index contributed by atoms with van der Waals surface area (Å²) in [5, 5.41) is 3.36. The molecule has 14 heavy (non-hydrogen) atoms. The maximum atomic E-state index is 13.2. The Bertz CT molecular complexity index is 307. The van der Waals surface area contributed by atoms with Crippen LogP contribution in [0.5, 0.6) is 0 Å². The molecule has 1 aromatic rings. The van der Waals surface area contributed by atoms with Gasteiger partial charge in [0.25, 0.3) is 0 Å². The van der Waals surface area contributed by atoms with Crippen LogP contribution in [-0.4, -0.2) is 6.04 Å². The quantitative estimate of drug-likeness (QED) is 0.775. The first kappa shape index (κ1) is 9.66. The van der Waals surface area contributed by atoms with Crippen molar-refractivity contribution < 1.29 is 4.39 Å². The Hall–Kier alpha value is -0.890. The summed E-state index contributed by atoms with van der Waals surface area (Å²) in [4.78, 5) is 0. The van der Waals surface area contributed by atoms with Gasteiger partial charge in [-0.3, -0.25) is 0 Å². The summed E-state index contributed by atoms with van der Waals surface area (Å²) >= 11 is 0. The molecule has 0 spiro atoms. The van der Waals surface area contributed by atoms with Crippen LogP contribution in [0.15, 0.2) is 24.3 Å². The van der Waals surface area contributed by atoms with E-state index < -0.39 is 0 Å². The second kappa shape index (κ2) is 4.09. The van der Waals surface area contributed by atoms with Gasteiger partial charge in [0.2, 0.25) is 0 Å². The number of hydrogen-bond acceptors (Lipinski definition) is 1. The van der Waals surface area contributed by atoms with E-state index in [1.54, 1.807) is 6.07 Å². The lowest BCUT2D eigenvalue weighted by Gasteiger charge is -2.12. The number of hydrogen-bond donors (Lipinski definition) is 1. The van der Waals surface area contributed by atoms with Gasteiger partial charge in [-0.15, -0.1) is 0 Å². The molecule has 1 nitrogen and oxygen atoms in total. The first-order chi connectivity index (χ1) is 6.77. The summed E-state index contributed by atoms with van der Waals surface area (Å²) in [5.74, 6) is 0.713. The number of benzene rings is 1. The fourth-order valence-electron chi connectivity index (χ4n) is 1.68. The van der Waals surface area contributed by atoms with Crippen molar-refractivity contribution >= 4 is 0 Å². The van der Waals surface area contributed by atoms with Crippen molar-refractivity contribution in [3.05, 3.63) is 35.6 Å². The van der Waals surface area contributed by atoms with Crippen molar-refractivity contribution in [1.82, 2.24) is 5.32 Å². The molecule has 0 aliphatic heterocycles. The molecular formula is C12H16FN. The molecule has 1 aliphatic rings. The molecule has 0 heterocycles. The van der Waals surface area contributed by atoms with Gasteiger partial charge in [-0.05, 0) is 31.7 Å². The minimum absolute atomic E-state index is 0.108. The van der Waals surface area contributed by atoms with Gasteiger partial charge in [0.15, 0.2) is 0 Å². The van der Waals surface area contributed by atoms with Crippen LogP contribution < -0.4 is 5.32 Å². The summed E-state index contributed by atoms with van der Waals surface area (Å²) in [6.45, 7) is 2.82. The van der Waals surface area contributed by atoms with Crippen LogP contribution in [0.25, 0.3) is 0 Å². The van der Waals surface area contributed by atoms with Crippen molar-refractivity contribution in [2.75, 3.05) is 0 Å². The zero-order valence-corrected chi connectivity index (χ0v) is 8.46. The Balaban J connectivity index is 1.87. The Morgan fingerprint density at radius 1 is 1.43 bits per heavy atom. The van der Waals surface area contributed by atoms with Crippen molar-refractivity contribution in [1.29, 1.82) is 0 Å². The highest BCUT2D eigenvalue weighted by Crippen LogP contribution is 2.32. The monoisotopic (exact) mass is 193 g/mol. The highest BCUT2D eigenvalue weighted by atomic mass is 19.1. The zero-order valence-electron chi connectivity index (χ0n) is 8.46. The van der Waals surface area contributed by atoms with E-state index in [1.807, 2.05) is 12.1 Å². The van der Waals surface area contributed by atoms with E-state index in [1.165, 1.54) is 18.9 Å². The van der Waals surface area contributed by atoms with Gasteiger partial charge in [0, 0.05) is 18.2 Å². The molecule has 1 atom stereocenters. The summed E-state index contributed by atoms with van der Waals surface area (Å²) < 4.78 is 13.2. The van der Waals surface area contributed by atoms with Gasteiger partial charge in [-0.25, -0.2) is 4.39 Å². The van der Waals surface area contributed by atoms with E-state index in [0.717, 1.165) is 11.5 Å². The van der Waals surface area contributed by atoms with E-state index in [9.17, 15) is 4.39 Å². The molecule has 0 saturated heterocycles. The van der Waals surface area contributed by atoms with Crippen molar-refractivity contribution in [3.8, 4) is 0 Å². The van der Waals surface area contributed by atoms with Crippen LogP contribution in [0.1, 0.15) is 25.3 Å². The highest BCUT2D eigenvalue weighted by molar-refractivity contribution is 5.17. The average Bonchev–Trinajstić information content (AvgIpc) is 2.99. The van der Waals surface area contributed by atoms with Gasteiger partial charge < -0.3 is 5.32 Å². The van der Waals surface area contributed by atoms with E-state index in [4.69, 9.17) is 0 Å². The van der Waals surface area contributed by atoms with Gasteiger partial charge in [0.05, 0.1) is 0 Å². The average molecular weight is 193 g/mol. The third-order valence-corrected chi connectivity index (χ3v) is 2.90. The largest absolute Gasteiger partial charge is 0.310 e. The Labute approximate surface area is 84.3 Å². The molecular weight excluding hydrogens is 177 g/mol. The van der Waals surface area contributed by atoms with Crippen molar-refractivity contribution in [2.24, 2.45) is 5.92 Å². The Kier molecular flexibility index (Phi) is 2.82. The molecule has 0 unspecified atom stereocenters. The molecule has 0 bridgehead atoms. The summed E-state index contributed by atoms with van der Waals surface area (Å²) in [7, 11) is 0. The van der Waals surface area contributed by atoms with Gasteiger partial charge in [0.1, 0.15) is 5.82 Å². The van der Waals surface area contributed by atoms with E-state index in [2.05, 4.69) is 12.2 Å². The lowest BCUT2D eigenvalue weighted by Crippen LogP contribution is -2.27. The van der Waals surface area contributed by atoms with Gasteiger partial charge in [-0.2, -0.15) is 0 Å². The zero-order chi connectivity index (χ0) is 9.97. The predicted molar refractivity (Wildman–Crippen MR) is 55.4 cm³/mol. The van der Waals surface area contributed by atoms with Crippen molar-refractivity contribution in [3.63, 3.8) is 0 Å². The van der Waals surface area contributed by atoms with Crippen LogP contribution in [-0.2, 0) is 6.54 Å². The SMILES string of the molecule is C[C@@H](NCc1ccccc1F)C1CC1. The maximum Gasteiger partial charge on any atom is 0.127 e. The fourth-order valence-corrected chi connectivity index (χ4v) is 1.68. The minimum atomic E-state index is -0.108. The molecule has 1 N–H and O–H groups in total. The Morgan fingerprint density at radius 3 is 2.79 bits per heavy atom. The summed E-state index contributed by atoms with van der Waals surface area (Å²) in [6, 6.07) is 7.47. The van der Waals surface area contributed by atoms with Crippen LogP contribution in [0.3, 0.4) is 0 Å². The van der Waals surface area contributed by atoms with Gasteiger partial charge >= 0.3 is 0 Å². The second-order valence-electron chi connectivity index (χ2n) is 4.10. The third-order valence-electron chi connectivity index (χ3n) is 2.90. The molecule has 0 aromatic heterocycles. The molecule has 1 aromatic carbocycles. The normalized spacial score (nSPS) is 18.1. The predicted octanol–water partition coefficient (Wildman–Crippen LogP) is 2.71. The van der Waals surface area contributed by atoms with E-state index >= 15 is 0 Å². The molecule has 1 fully saturated rings. The maximum absolute atomic E-state index is 13.2. The molecule has 2 rings (SSSR count). The summed E-state index contributed by atoms with van der Waals surface area (Å²) in [5.41, 5.74) is 0.764. The minimum Gasteiger partial charge on any atom is -0.310 e. The lowest BCUT2D eigenvalue weighted by atomic mass is 10.1. The highest BCUT2D eigenvalue weighted by Gasteiger charge is 2.27. The fraction of sp³-hybridized carbons (Fsp3) is 0.500. The molecule has 0 amide bonds. The second-order valence-corrected chi connectivity index (χ2v) is 4.10. The van der Waals surface area contributed by atoms with Crippen LogP contribution in [0.2, 0.25) is 0 Å². The van der Waals surface area contributed by atoms with E-state index in [0.29, 0.717) is 12.6 Å². The Morgan fingerprint density at radius 2 is 2.14 bits per heavy atom. The first-order valence-electron chi connectivity index (χ1n) is 5.24. The van der Waals surface area contributed by atoms with Crippen molar-refractivity contribution in [2.45, 2.75) is 32.4 Å². The van der Waals surface area contributed by atoms with Crippen LogP contribution in [0, 0.1) is 11.7 Å². The van der Waals surface area contributed by atoms with Crippen LogP contribution in [0.4, 0.5) is 4.39 Å². The molecule has 1 aliphatic carbocycles. The third kappa shape index (κ3) is 2.32. The standard InChI is InChI=1S/C12H16FN/c1-9(10-6-7-10)14-8-11-4-2-3-5-12(11)13/h2-5,9-10,14H,6-8H2,1H3/t9-/m1/s1.